The first-order chi connectivity index (χ1) is 13.0. The SMILES string of the molecule is Cc1cc(C)nc(SCC(=O)N/N=C\c2cccn2-c2ccccc2C)n1. The van der Waals surface area contributed by atoms with Crippen LogP contribution in [0.5, 0.6) is 0 Å². The van der Waals surface area contributed by atoms with Crippen molar-refractivity contribution >= 4 is 23.9 Å². The van der Waals surface area contributed by atoms with E-state index in [0.717, 1.165) is 28.3 Å². The summed E-state index contributed by atoms with van der Waals surface area (Å²) in [5.41, 5.74) is 7.46. The van der Waals surface area contributed by atoms with Gasteiger partial charge in [-0.1, -0.05) is 30.0 Å². The van der Waals surface area contributed by atoms with Gasteiger partial charge in [0.05, 0.1) is 17.7 Å². The van der Waals surface area contributed by atoms with Gasteiger partial charge >= 0.3 is 0 Å². The highest BCUT2D eigenvalue weighted by Crippen LogP contribution is 2.16. The van der Waals surface area contributed by atoms with Gasteiger partial charge in [-0.15, -0.1) is 0 Å². The smallest absolute Gasteiger partial charge is 0.250 e. The summed E-state index contributed by atoms with van der Waals surface area (Å²) in [5.74, 6) is 0.00646. The number of benzene rings is 1. The molecule has 0 aliphatic heterocycles. The van der Waals surface area contributed by atoms with Crippen molar-refractivity contribution in [1.82, 2.24) is 20.0 Å². The standard InChI is InChI=1S/C20H21N5OS/c1-14-7-4-5-9-18(14)25-10-6-8-17(25)12-21-24-19(26)13-27-20-22-15(2)11-16(3)23-20/h4-12H,13H2,1-3H3,(H,24,26)/b21-12-. The molecule has 0 saturated heterocycles. The van der Waals surface area contributed by atoms with Crippen LogP contribution in [0, 0.1) is 20.8 Å². The molecule has 0 saturated carbocycles. The van der Waals surface area contributed by atoms with E-state index < -0.39 is 0 Å². The van der Waals surface area contributed by atoms with Crippen molar-refractivity contribution in [3.63, 3.8) is 0 Å². The van der Waals surface area contributed by atoms with Crippen molar-refractivity contribution in [2.24, 2.45) is 5.10 Å². The molecule has 138 valence electrons. The third-order valence-electron chi connectivity index (χ3n) is 3.84. The normalized spacial score (nSPS) is 11.1. The molecule has 7 heteroatoms. The lowest BCUT2D eigenvalue weighted by Crippen LogP contribution is -2.20. The van der Waals surface area contributed by atoms with E-state index in [1.54, 1.807) is 6.21 Å². The third kappa shape index (κ3) is 5.04. The number of carbonyl (C=O) groups excluding carboxylic acids is 1. The molecule has 0 unspecified atom stereocenters. The van der Waals surface area contributed by atoms with Crippen molar-refractivity contribution in [3.05, 3.63) is 71.3 Å². The summed E-state index contributed by atoms with van der Waals surface area (Å²) in [7, 11) is 0. The van der Waals surface area contributed by atoms with Crippen LogP contribution in [0.25, 0.3) is 5.69 Å². The Morgan fingerprint density at radius 2 is 1.89 bits per heavy atom. The average Bonchev–Trinajstić information content (AvgIpc) is 3.08. The van der Waals surface area contributed by atoms with Crippen LogP contribution >= 0.6 is 11.8 Å². The van der Waals surface area contributed by atoms with Crippen LogP contribution < -0.4 is 5.43 Å². The molecule has 6 nitrogen and oxygen atoms in total. The zero-order valence-corrected chi connectivity index (χ0v) is 16.3. The molecule has 0 aliphatic carbocycles. The molecule has 0 spiro atoms. The van der Waals surface area contributed by atoms with E-state index in [1.807, 2.05) is 61.0 Å². The van der Waals surface area contributed by atoms with Gasteiger partial charge in [-0.05, 0) is 50.6 Å². The maximum Gasteiger partial charge on any atom is 0.250 e. The molecule has 27 heavy (non-hydrogen) atoms. The Morgan fingerprint density at radius 3 is 2.63 bits per heavy atom. The Hall–Kier alpha value is -2.93. The van der Waals surface area contributed by atoms with Crippen LogP contribution in [0.1, 0.15) is 22.6 Å². The third-order valence-corrected chi connectivity index (χ3v) is 4.68. The molecule has 1 N–H and O–H groups in total. The van der Waals surface area contributed by atoms with Crippen LogP contribution in [-0.2, 0) is 4.79 Å². The first-order valence-electron chi connectivity index (χ1n) is 8.53. The molecular formula is C20H21N5OS. The lowest BCUT2D eigenvalue weighted by Gasteiger charge is -2.09. The number of nitrogens with one attached hydrogen (secondary N) is 1. The van der Waals surface area contributed by atoms with Gasteiger partial charge in [-0.2, -0.15) is 5.10 Å². The molecule has 0 aliphatic rings. The van der Waals surface area contributed by atoms with E-state index in [0.29, 0.717) is 5.16 Å². The number of hydrazone groups is 1. The first kappa shape index (κ1) is 18.8. The van der Waals surface area contributed by atoms with Crippen molar-refractivity contribution < 1.29 is 4.79 Å². The predicted octanol–water partition coefficient (Wildman–Crippen LogP) is 3.43. The molecular weight excluding hydrogens is 358 g/mol. The van der Waals surface area contributed by atoms with Gasteiger partial charge in [-0.25, -0.2) is 15.4 Å². The molecule has 3 rings (SSSR count). The second-order valence-corrected chi connectivity index (χ2v) is 7.05. The molecule has 2 heterocycles. The summed E-state index contributed by atoms with van der Waals surface area (Å²) in [6.45, 7) is 5.88. The molecule has 1 aromatic carbocycles. The highest BCUT2D eigenvalue weighted by molar-refractivity contribution is 7.99. The van der Waals surface area contributed by atoms with E-state index in [-0.39, 0.29) is 11.7 Å². The number of para-hydroxylation sites is 1. The summed E-state index contributed by atoms with van der Waals surface area (Å²) in [4.78, 5) is 20.6. The lowest BCUT2D eigenvalue weighted by molar-refractivity contribution is -0.118. The molecule has 0 radical (unpaired) electrons. The fourth-order valence-corrected chi connectivity index (χ4v) is 3.39. The first-order valence-corrected chi connectivity index (χ1v) is 9.52. The summed E-state index contributed by atoms with van der Waals surface area (Å²) in [5, 5.41) is 4.67. The van der Waals surface area contributed by atoms with E-state index in [2.05, 4.69) is 33.5 Å². The van der Waals surface area contributed by atoms with E-state index in [1.165, 1.54) is 11.8 Å². The number of nitrogens with zero attached hydrogens (tertiary/aromatic N) is 4. The highest BCUT2D eigenvalue weighted by atomic mass is 32.2. The number of hydrogen-bond acceptors (Lipinski definition) is 5. The summed E-state index contributed by atoms with van der Waals surface area (Å²) in [6, 6.07) is 13.9. The molecule has 1 amide bonds. The fraction of sp³-hybridized carbons (Fsp3) is 0.200. The van der Waals surface area contributed by atoms with Gasteiger partial charge in [0.1, 0.15) is 0 Å². The summed E-state index contributed by atoms with van der Waals surface area (Å²) in [6.07, 6.45) is 3.61. The topological polar surface area (TPSA) is 72.2 Å². The van der Waals surface area contributed by atoms with Gasteiger partial charge in [0.2, 0.25) is 0 Å². The van der Waals surface area contributed by atoms with Crippen molar-refractivity contribution in [2.75, 3.05) is 5.75 Å². The lowest BCUT2D eigenvalue weighted by atomic mass is 10.2. The van der Waals surface area contributed by atoms with Crippen molar-refractivity contribution in [2.45, 2.75) is 25.9 Å². The maximum atomic E-state index is 12.0. The number of thioether (sulfide) groups is 1. The predicted molar refractivity (Wildman–Crippen MR) is 108 cm³/mol. The monoisotopic (exact) mass is 379 g/mol. The van der Waals surface area contributed by atoms with Gasteiger partial charge in [0.25, 0.3) is 5.91 Å². The molecule has 0 fully saturated rings. The second-order valence-electron chi connectivity index (χ2n) is 6.10. The average molecular weight is 379 g/mol. The van der Waals surface area contributed by atoms with Crippen LogP contribution in [0.3, 0.4) is 0 Å². The van der Waals surface area contributed by atoms with Crippen LogP contribution in [-0.4, -0.2) is 32.4 Å². The zero-order chi connectivity index (χ0) is 19.2. The number of amides is 1. The van der Waals surface area contributed by atoms with Gasteiger partial charge in [0.15, 0.2) is 5.16 Å². The number of rotatable bonds is 6. The number of hydrogen-bond donors (Lipinski definition) is 1. The number of aryl methyl sites for hydroxylation is 3. The minimum absolute atomic E-state index is 0.201. The minimum atomic E-state index is -0.201. The number of aromatic nitrogens is 3. The Labute approximate surface area is 162 Å². The van der Waals surface area contributed by atoms with E-state index in [9.17, 15) is 4.79 Å². The van der Waals surface area contributed by atoms with Crippen molar-refractivity contribution in [1.29, 1.82) is 0 Å². The molecule has 0 bridgehead atoms. The molecule has 2 aromatic heterocycles. The largest absolute Gasteiger partial charge is 0.315 e. The Bertz CT molecular complexity index is 960. The quantitative estimate of drug-likeness (QED) is 0.308. The summed E-state index contributed by atoms with van der Waals surface area (Å²) >= 11 is 1.29. The summed E-state index contributed by atoms with van der Waals surface area (Å²) < 4.78 is 2.03. The van der Waals surface area contributed by atoms with Crippen LogP contribution in [0.4, 0.5) is 0 Å². The fourth-order valence-electron chi connectivity index (χ4n) is 2.64. The van der Waals surface area contributed by atoms with Gasteiger partial charge in [-0.3, -0.25) is 4.79 Å². The molecule has 0 atom stereocenters. The molecule has 3 aromatic rings. The second kappa shape index (κ2) is 8.64. The zero-order valence-electron chi connectivity index (χ0n) is 15.5. The van der Waals surface area contributed by atoms with E-state index in [4.69, 9.17) is 0 Å². The Balaban J connectivity index is 1.59. The Morgan fingerprint density at radius 1 is 1.15 bits per heavy atom. The van der Waals surface area contributed by atoms with Crippen molar-refractivity contribution in [3.8, 4) is 5.69 Å². The maximum absolute atomic E-state index is 12.0. The van der Waals surface area contributed by atoms with E-state index >= 15 is 0 Å². The minimum Gasteiger partial charge on any atom is -0.315 e. The Kier molecular flexibility index (Phi) is 6.03. The van der Waals surface area contributed by atoms with Crippen LogP contribution in [0.15, 0.2) is 58.9 Å². The van der Waals surface area contributed by atoms with Gasteiger partial charge < -0.3 is 4.57 Å². The van der Waals surface area contributed by atoms with Crippen LogP contribution in [0.2, 0.25) is 0 Å². The van der Waals surface area contributed by atoms with Gasteiger partial charge in [0, 0.05) is 23.3 Å². The number of carbonyl (C=O) groups is 1. The highest BCUT2D eigenvalue weighted by Gasteiger charge is 2.06.